The second-order valence-corrected chi connectivity index (χ2v) is 14.1. The maximum absolute atomic E-state index is 2.43. The molecule has 1 heteroatoms. The van der Waals surface area contributed by atoms with Gasteiger partial charge in [0.25, 0.3) is 0 Å². The molecule has 1 radical (unpaired) electrons. The second-order valence-electron chi connectivity index (χ2n) is 4.97. The molecule has 13 heavy (non-hydrogen) atoms. The zero-order chi connectivity index (χ0) is 10.3. The molecule has 0 aromatic rings. The molecule has 0 aliphatic heterocycles. The Morgan fingerprint density at radius 1 is 0.846 bits per heavy atom. The van der Waals surface area contributed by atoms with Crippen LogP contribution in [0.4, 0.5) is 0 Å². The first kappa shape index (κ1) is 13.8. The van der Waals surface area contributed by atoms with E-state index >= 15 is 0 Å². The molecule has 0 N–H and O–H groups in total. The van der Waals surface area contributed by atoms with E-state index in [4.69, 9.17) is 0 Å². The summed E-state index contributed by atoms with van der Waals surface area (Å²) in [5.74, 6) is 1.86. The van der Waals surface area contributed by atoms with Crippen LogP contribution in [0.1, 0.15) is 47.5 Å². The van der Waals surface area contributed by atoms with Crippen LogP contribution in [-0.4, -0.2) is 19.8 Å². The van der Waals surface area contributed by atoms with Crippen molar-refractivity contribution in [3.63, 3.8) is 0 Å². The van der Waals surface area contributed by atoms with Crippen molar-refractivity contribution in [3.05, 3.63) is 0 Å². The van der Waals surface area contributed by atoms with E-state index in [0.717, 1.165) is 11.8 Å². The van der Waals surface area contributed by atoms with Gasteiger partial charge in [-0.3, -0.25) is 0 Å². The normalized spacial score (nSPS) is 12.0. The van der Waals surface area contributed by atoms with E-state index < -0.39 is 19.8 Å². The van der Waals surface area contributed by atoms with Crippen LogP contribution in [0.15, 0.2) is 0 Å². The quantitative estimate of drug-likeness (QED) is 0.601. The van der Waals surface area contributed by atoms with Crippen molar-refractivity contribution >= 4 is 19.8 Å². The summed E-state index contributed by atoms with van der Waals surface area (Å²) in [6, 6.07) is 0. The van der Waals surface area contributed by atoms with E-state index in [1.54, 1.807) is 13.3 Å². The first-order chi connectivity index (χ1) is 6.06. The molecule has 0 aliphatic carbocycles. The molecule has 0 rings (SSSR count). The van der Waals surface area contributed by atoms with Crippen LogP contribution in [-0.2, 0) is 0 Å². The van der Waals surface area contributed by atoms with Gasteiger partial charge >= 0.3 is 92.4 Å². The van der Waals surface area contributed by atoms with Crippen LogP contribution >= 0.6 is 0 Å². The Labute approximate surface area is 92.2 Å². The van der Waals surface area contributed by atoms with E-state index in [1.165, 1.54) is 12.8 Å². The van der Waals surface area contributed by atoms with E-state index in [1.807, 2.05) is 0 Å². The summed E-state index contributed by atoms with van der Waals surface area (Å²) < 4.78 is 4.86. The van der Waals surface area contributed by atoms with Gasteiger partial charge < -0.3 is 0 Å². The second kappa shape index (κ2) is 8.14. The summed E-state index contributed by atoms with van der Waals surface area (Å²) in [6.07, 6.45) is 3.00. The summed E-state index contributed by atoms with van der Waals surface area (Å²) in [5.41, 5.74) is 0. The standard InChI is InChI=1S/2C5H11.C2H5.Sn/c2*1-4-5(2)3;1-2;/h2*5H,1,4H2,2-3H3;1H2,2H3;. The third kappa shape index (κ3) is 9.11. The Morgan fingerprint density at radius 2 is 1.23 bits per heavy atom. The molecule has 0 aliphatic rings. The topological polar surface area (TPSA) is 0 Å². The predicted octanol–water partition coefficient (Wildman–Crippen LogP) is 4.59. The molecule has 0 unspecified atom stereocenters. The molecule has 0 spiro atoms. The van der Waals surface area contributed by atoms with Gasteiger partial charge in [-0.25, -0.2) is 0 Å². The van der Waals surface area contributed by atoms with Crippen LogP contribution in [0.2, 0.25) is 13.3 Å². The maximum atomic E-state index is 2.43. The first-order valence-electron chi connectivity index (χ1n) is 5.89. The van der Waals surface area contributed by atoms with Crippen molar-refractivity contribution in [1.82, 2.24) is 0 Å². The minimum absolute atomic E-state index is 0.873. The average Bonchev–Trinajstić information content (AvgIpc) is 2.04. The Bertz CT molecular complexity index is 95.7. The van der Waals surface area contributed by atoms with Gasteiger partial charge in [-0.05, 0) is 0 Å². The molecule has 0 nitrogen and oxygen atoms in total. The molecule has 0 atom stereocenters. The third-order valence-electron chi connectivity index (χ3n) is 2.65. The zero-order valence-electron chi connectivity index (χ0n) is 10.2. The Hall–Kier alpha value is 0.799. The Balaban J connectivity index is 3.51. The van der Waals surface area contributed by atoms with Gasteiger partial charge in [0.05, 0.1) is 0 Å². The SMILES string of the molecule is C[CH2][Sn]([CH2]CC(C)C)[CH2]CC(C)C. The summed E-state index contributed by atoms with van der Waals surface area (Å²) in [7, 11) is 0. The summed E-state index contributed by atoms with van der Waals surface area (Å²) in [5, 5.41) is 0. The van der Waals surface area contributed by atoms with Crippen molar-refractivity contribution in [2.75, 3.05) is 0 Å². The fourth-order valence-electron chi connectivity index (χ4n) is 1.46. The van der Waals surface area contributed by atoms with E-state index in [0.29, 0.717) is 0 Å². The fraction of sp³-hybridized carbons (Fsp3) is 1.00. The van der Waals surface area contributed by atoms with Crippen LogP contribution in [0.25, 0.3) is 0 Å². The van der Waals surface area contributed by atoms with Crippen LogP contribution in [0, 0.1) is 11.8 Å². The first-order valence-corrected chi connectivity index (χ1v) is 11.9. The molecule has 0 fully saturated rings. The van der Waals surface area contributed by atoms with Crippen LogP contribution < -0.4 is 0 Å². The molecule has 79 valence electrons. The summed E-state index contributed by atoms with van der Waals surface area (Å²) >= 11 is -0.873. The zero-order valence-corrected chi connectivity index (χ0v) is 13.0. The fourth-order valence-corrected chi connectivity index (χ4v) is 9.82. The summed E-state index contributed by atoms with van der Waals surface area (Å²) in [4.78, 5) is 0. The number of hydrogen-bond acceptors (Lipinski definition) is 0. The Morgan fingerprint density at radius 3 is 1.46 bits per heavy atom. The predicted molar refractivity (Wildman–Crippen MR) is 64.8 cm³/mol. The van der Waals surface area contributed by atoms with E-state index in [-0.39, 0.29) is 0 Å². The van der Waals surface area contributed by atoms with Crippen molar-refractivity contribution in [1.29, 1.82) is 0 Å². The molecule has 0 saturated heterocycles. The third-order valence-corrected chi connectivity index (χ3v) is 11.2. The molecular weight excluding hydrogens is 263 g/mol. The average molecular weight is 290 g/mol. The van der Waals surface area contributed by atoms with Crippen molar-refractivity contribution in [2.45, 2.75) is 60.8 Å². The van der Waals surface area contributed by atoms with Gasteiger partial charge in [-0.2, -0.15) is 0 Å². The molecular formula is C12H27Sn. The molecule has 0 heterocycles. The van der Waals surface area contributed by atoms with Gasteiger partial charge in [0.15, 0.2) is 0 Å². The minimum atomic E-state index is -0.873. The van der Waals surface area contributed by atoms with Crippen LogP contribution in [0.3, 0.4) is 0 Å². The molecule has 0 aromatic heterocycles. The van der Waals surface area contributed by atoms with Gasteiger partial charge in [-0.15, -0.1) is 0 Å². The van der Waals surface area contributed by atoms with Gasteiger partial charge in [0.1, 0.15) is 0 Å². The number of rotatable bonds is 7. The van der Waals surface area contributed by atoms with Gasteiger partial charge in [0.2, 0.25) is 0 Å². The Kier molecular flexibility index (Phi) is 8.64. The number of hydrogen-bond donors (Lipinski definition) is 0. The van der Waals surface area contributed by atoms with Crippen molar-refractivity contribution in [3.8, 4) is 0 Å². The van der Waals surface area contributed by atoms with E-state index in [2.05, 4.69) is 34.6 Å². The molecule has 0 amide bonds. The van der Waals surface area contributed by atoms with E-state index in [9.17, 15) is 0 Å². The molecule has 0 saturated carbocycles. The molecule has 0 aromatic carbocycles. The van der Waals surface area contributed by atoms with Gasteiger partial charge in [0, 0.05) is 0 Å². The van der Waals surface area contributed by atoms with Crippen LogP contribution in [0.5, 0.6) is 0 Å². The van der Waals surface area contributed by atoms with Crippen molar-refractivity contribution < 1.29 is 0 Å². The summed E-state index contributed by atoms with van der Waals surface area (Å²) in [6.45, 7) is 11.9. The van der Waals surface area contributed by atoms with Crippen molar-refractivity contribution in [2.24, 2.45) is 11.8 Å². The van der Waals surface area contributed by atoms with Gasteiger partial charge in [-0.1, -0.05) is 0 Å². The monoisotopic (exact) mass is 291 g/mol. The molecule has 0 bridgehead atoms.